The van der Waals surface area contributed by atoms with Crippen molar-refractivity contribution in [2.45, 2.75) is 20.0 Å². The minimum absolute atomic E-state index is 0.0173. The molecule has 24 heavy (non-hydrogen) atoms. The van der Waals surface area contributed by atoms with Crippen LogP contribution in [-0.4, -0.2) is 17.1 Å². The van der Waals surface area contributed by atoms with Crippen molar-refractivity contribution in [1.29, 1.82) is 0 Å². The lowest BCUT2D eigenvalue weighted by Gasteiger charge is -2.12. The molecule has 0 aliphatic heterocycles. The molecular formula is C17H16BrFN2O2S. The van der Waals surface area contributed by atoms with E-state index in [1.54, 1.807) is 30.3 Å². The van der Waals surface area contributed by atoms with Crippen molar-refractivity contribution in [3.05, 3.63) is 58.3 Å². The highest BCUT2D eigenvalue weighted by Crippen LogP contribution is 2.19. The average Bonchev–Trinajstić information content (AvgIpc) is 2.50. The van der Waals surface area contributed by atoms with Crippen LogP contribution >= 0.6 is 28.1 Å². The Balaban J connectivity index is 1.97. The van der Waals surface area contributed by atoms with Gasteiger partial charge in [0.25, 0.3) is 5.91 Å². The van der Waals surface area contributed by atoms with Crippen LogP contribution in [0.1, 0.15) is 24.2 Å². The largest absolute Gasteiger partial charge is 0.491 e. The summed E-state index contributed by atoms with van der Waals surface area (Å²) >= 11 is 8.21. The first-order valence-electron chi connectivity index (χ1n) is 7.19. The SMILES string of the molecule is CC(C)Oc1ccc(C(=O)NC(=S)Nc2ccc(Br)cc2F)cc1. The molecular weight excluding hydrogens is 395 g/mol. The fourth-order valence-electron chi connectivity index (χ4n) is 1.88. The summed E-state index contributed by atoms with van der Waals surface area (Å²) in [5.41, 5.74) is 0.607. The molecule has 1 amide bonds. The summed E-state index contributed by atoms with van der Waals surface area (Å²) in [5, 5.41) is 5.18. The number of benzene rings is 2. The van der Waals surface area contributed by atoms with Crippen LogP contribution < -0.4 is 15.4 Å². The number of rotatable bonds is 4. The molecule has 2 aromatic rings. The minimum atomic E-state index is -0.476. The van der Waals surface area contributed by atoms with Crippen molar-refractivity contribution in [2.75, 3.05) is 5.32 Å². The quantitative estimate of drug-likeness (QED) is 0.728. The summed E-state index contributed by atoms with van der Waals surface area (Å²) in [7, 11) is 0. The predicted octanol–water partition coefficient (Wildman–Crippen LogP) is 4.50. The first-order valence-corrected chi connectivity index (χ1v) is 8.39. The van der Waals surface area contributed by atoms with E-state index in [2.05, 4.69) is 26.6 Å². The third-order valence-electron chi connectivity index (χ3n) is 2.89. The maximum absolute atomic E-state index is 13.7. The van der Waals surface area contributed by atoms with E-state index in [0.29, 0.717) is 15.8 Å². The molecule has 0 saturated carbocycles. The van der Waals surface area contributed by atoms with E-state index in [1.165, 1.54) is 12.1 Å². The topological polar surface area (TPSA) is 50.4 Å². The van der Waals surface area contributed by atoms with Gasteiger partial charge in [-0.1, -0.05) is 15.9 Å². The van der Waals surface area contributed by atoms with Crippen LogP contribution in [0.2, 0.25) is 0 Å². The minimum Gasteiger partial charge on any atom is -0.491 e. The van der Waals surface area contributed by atoms with Crippen LogP contribution in [0.5, 0.6) is 5.75 Å². The van der Waals surface area contributed by atoms with Crippen molar-refractivity contribution < 1.29 is 13.9 Å². The van der Waals surface area contributed by atoms with Crippen LogP contribution in [0.15, 0.2) is 46.9 Å². The van der Waals surface area contributed by atoms with Gasteiger partial charge in [0.05, 0.1) is 11.8 Å². The van der Waals surface area contributed by atoms with Crippen LogP contribution in [-0.2, 0) is 0 Å². The maximum Gasteiger partial charge on any atom is 0.257 e. The second-order valence-electron chi connectivity index (χ2n) is 5.22. The Bertz CT molecular complexity index is 751. The summed E-state index contributed by atoms with van der Waals surface area (Å²) in [5.74, 6) is -0.184. The zero-order valence-electron chi connectivity index (χ0n) is 13.1. The number of ether oxygens (including phenoxy) is 1. The number of halogens is 2. The van der Waals surface area contributed by atoms with Gasteiger partial charge in [0.1, 0.15) is 11.6 Å². The molecule has 126 valence electrons. The number of thiocarbonyl (C=S) groups is 1. The molecule has 4 nitrogen and oxygen atoms in total. The van der Waals surface area contributed by atoms with E-state index in [9.17, 15) is 9.18 Å². The summed E-state index contributed by atoms with van der Waals surface area (Å²) in [6.07, 6.45) is 0.0576. The van der Waals surface area contributed by atoms with Gasteiger partial charge in [-0.05, 0) is 68.5 Å². The predicted molar refractivity (Wildman–Crippen MR) is 100.0 cm³/mol. The Hall–Kier alpha value is -1.99. The molecule has 0 spiro atoms. The standard InChI is InChI=1S/C17H16BrFN2O2S/c1-10(2)23-13-6-3-11(4-7-13)16(22)21-17(24)20-15-8-5-12(18)9-14(15)19/h3-10H,1-2H3,(H2,20,21,22,24). The van der Waals surface area contributed by atoms with Gasteiger partial charge in [-0.15, -0.1) is 0 Å². The third kappa shape index (κ3) is 5.28. The first kappa shape index (κ1) is 18.4. The second kappa shape index (κ2) is 8.21. The van der Waals surface area contributed by atoms with E-state index in [-0.39, 0.29) is 22.8 Å². The van der Waals surface area contributed by atoms with Gasteiger partial charge in [0.15, 0.2) is 5.11 Å². The van der Waals surface area contributed by atoms with Gasteiger partial charge in [0.2, 0.25) is 0 Å². The lowest BCUT2D eigenvalue weighted by Crippen LogP contribution is -2.34. The Morgan fingerprint density at radius 3 is 2.46 bits per heavy atom. The van der Waals surface area contributed by atoms with Crippen molar-refractivity contribution in [2.24, 2.45) is 0 Å². The highest BCUT2D eigenvalue weighted by atomic mass is 79.9. The highest BCUT2D eigenvalue weighted by Gasteiger charge is 2.10. The lowest BCUT2D eigenvalue weighted by molar-refractivity contribution is 0.0977. The maximum atomic E-state index is 13.7. The number of carbonyl (C=O) groups excluding carboxylic acids is 1. The zero-order chi connectivity index (χ0) is 17.7. The smallest absolute Gasteiger partial charge is 0.257 e. The van der Waals surface area contributed by atoms with Gasteiger partial charge >= 0.3 is 0 Å². The molecule has 2 aromatic carbocycles. The number of nitrogens with one attached hydrogen (secondary N) is 2. The van der Waals surface area contributed by atoms with Crippen molar-refractivity contribution in [3.8, 4) is 5.75 Å². The van der Waals surface area contributed by atoms with E-state index < -0.39 is 5.82 Å². The Morgan fingerprint density at radius 2 is 1.88 bits per heavy atom. The summed E-state index contributed by atoms with van der Waals surface area (Å²) in [6.45, 7) is 3.85. The van der Waals surface area contributed by atoms with Crippen molar-refractivity contribution in [3.63, 3.8) is 0 Å². The van der Waals surface area contributed by atoms with Crippen LogP contribution in [0, 0.1) is 5.82 Å². The van der Waals surface area contributed by atoms with Gasteiger partial charge < -0.3 is 10.1 Å². The fraction of sp³-hybridized carbons (Fsp3) is 0.176. The Kier molecular flexibility index (Phi) is 6.28. The van der Waals surface area contributed by atoms with E-state index >= 15 is 0 Å². The van der Waals surface area contributed by atoms with E-state index in [4.69, 9.17) is 17.0 Å². The van der Waals surface area contributed by atoms with Crippen molar-refractivity contribution in [1.82, 2.24) is 5.32 Å². The summed E-state index contributed by atoms with van der Waals surface area (Å²) in [6, 6.07) is 11.2. The molecule has 0 radical (unpaired) electrons. The fourth-order valence-corrected chi connectivity index (χ4v) is 2.41. The monoisotopic (exact) mass is 410 g/mol. The summed E-state index contributed by atoms with van der Waals surface area (Å²) < 4.78 is 19.9. The Morgan fingerprint density at radius 1 is 1.21 bits per heavy atom. The molecule has 7 heteroatoms. The highest BCUT2D eigenvalue weighted by molar-refractivity contribution is 9.10. The number of hydrogen-bond acceptors (Lipinski definition) is 3. The van der Waals surface area contributed by atoms with Gasteiger partial charge in [-0.3, -0.25) is 10.1 Å². The molecule has 0 bridgehead atoms. The van der Waals surface area contributed by atoms with Crippen LogP contribution in [0.3, 0.4) is 0 Å². The second-order valence-corrected chi connectivity index (χ2v) is 6.55. The van der Waals surface area contributed by atoms with Crippen LogP contribution in [0.4, 0.5) is 10.1 Å². The third-order valence-corrected chi connectivity index (χ3v) is 3.59. The van der Waals surface area contributed by atoms with E-state index in [1.807, 2.05) is 13.8 Å². The molecule has 0 heterocycles. The van der Waals surface area contributed by atoms with Gasteiger partial charge in [-0.2, -0.15) is 0 Å². The molecule has 2 N–H and O–H groups in total. The van der Waals surface area contributed by atoms with Crippen molar-refractivity contribution >= 4 is 44.9 Å². The van der Waals surface area contributed by atoms with Gasteiger partial charge in [0, 0.05) is 10.0 Å². The normalized spacial score (nSPS) is 10.4. The lowest BCUT2D eigenvalue weighted by atomic mass is 10.2. The molecule has 0 saturated heterocycles. The van der Waals surface area contributed by atoms with Gasteiger partial charge in [-0.25, -0.2) is 4.39 Å². The molecule has 2 rings (SSSR count). The molecule has 0 unspecified atom stereocenters. The molecule has 0 fully saturated rings. The number of hydrogen-bond donors (Lipinski definition) is 2. The molecule has 0 atom stereocenters. The number of amides is 1. The number of anilines is 1. The zero-order valence-corrected chi connectivity index (χ0v) is 15.5. The number of carbonyl (C=O) groups is 1. The Labute approximate surface area is 153 Å². The first-order chi connectivity index (χ1) is 11.3. The molecule has 0 aliphatic carbocycles. The molecule has 0 aliphatic rings. The molecule has 0 aromatic heterocycles. The average molecular weight is 411 g/mol. The van der Waals surface area contributed by atoms with Crippen LogP contribution in [0.25, 0.3) is 0 Å². The summed E-state index contributed by atoms with van der Waals surface area (Å²) in [4.78, 5) is 12.1. The van der Waals surface area contributed by atoms with E-state index in [0.717, 1.165) is 0 Å².